The van der Waals surface area contributed by atoms with E-state index in [1.54, 1.807) is 0 Å². The molecule has 0 aromatic rings. The van der Waals surface area contributed by atoms with Gasteiger partial charge in [-0.15, -0.1) is 0 Å². The summed E-state index contributed by atoms with van der Waals surface area (Å²) in [4.78, 5) is 0. The van der Waals surface area contributed by atoms with E-state index in [1.165, 1.54) is 0 Å². The summed E-state index contributed by atoms with van der Waals surface area (Å²) in [6.07, 6.45) is 0. The molecule has 0 aromatic heterocycles. The summed E-state index contributed by atoms with van der Waals surface area (Å²) >= 11 is -8.24. The standard InChI is InChI=1S/Mn.Na.H2O3S.4O/c;;1-4(2)3;;;;/h;;(H2,1,2,3);;;;/q;+1;;;;;-1. The van der Waals surface area contributed by atoms with E-state index in [2.05, 4.69) is 0 Å². The maximum atomic E-state index is 8.67. The van der Waals surface area contributed by atoms with E-state index in [-0.39, 0.29) is 29.6 Å². The fraction of sp³-hybridized carbons (Fsp3) is 0. The molecule has 0 spiro atoms. The van der Waals surface area contributed by atoms with Crippen molar-refractivity contribution in [2.75, 3.05) is 0 Å². The number of hydrogen-bond donors (Lipinski definition) is 2. The Morgan fingerprint density at radius 1 is 1.20 bits per heavy atom. The fourth-order valence-electron chi connectivity index (χ4n) is 0. The summed E-state index contributed by atoms with van der Waals surface area (Å²) in [6.45, 7) is 0. The van der Waals surface area contributed by atoms with Crippen LogP contribution in [0.15, 0.2) is 0 Å². The normalized spacial score (nSPS) is 9.20. The van der Waals surface area contributed by atoms with Gasteiger partial charge in [-0.25, -0.2) is 0 Å². The Balaban J connectivity index is -0.0000000910. The predicted molar refractivity (Wildman–Crippen MR) is 15.5 cm³/mol. The first-order valence-electron chi connectivity index (χ1n) is 1.15. The van der Waals surface area contributed by atoms with Gasteiger partial charge in [0, 0.05) is 0 Å². The SMILES string of the molecule is O=S(O)O.[Na+].[O]=[Mn](=[O])(=[O])[O-]. The zero-order chi connectivity index (χ0) is 8.08. The molecule has 0 amide bonds. The molecular weight excluding hydrogens is 222 g/mol. The van der Waals surface area contributed by atoms with Gasteiger partial charge in [-0.2, -0.15) is 4.21 Å². The zero-order valence-electron chi connectivity index (χ0n) is 4.72. The van der Waals surface area contributed by atoms with E-state index < -0.39 is 24.3 Å². The molecule has 2 N–H and O–H groups in total. The first-order chi connectivity index (χ1) is 3.73. The molecule has 7 nitrogen and oxygen atoms in total. The molecule has 0 saturated carbocycles. The monoisotopic (exact) mass is 224 g/mol. The molecule has 0 saturated heterocycles. The van der Waals surface area contributed by atoms with Crippen molar-refractivity contribution in [2.45, 2.75) is 0 Å². The zero-order valence-corrected chi connectivity index (χ0v) is 8.72. The van der Waals surface area contributed by atoms with Crippen molar-refractivity contribution < 1.29 is 71.5 Å². The van der Waals surface area contributed by atoms with Gasteiger partial charge in [-0.1, -0.05) is 0 Å². The summed E-state index contributed by atoms with van der Waals surface area (Å²) < 4.78 is 57.1. The van der Waals surface area contributed by atoms with Crippen molar-refractivity contribution in [1.82, 2.24) is 0 Å². The maximum absolute atomic E-state index is 8.67. The van der Waals surface area contributed by atoms with Crippen LogP contribution in [-0.2, 0) is 35.8 Å². The number of rotatable bonds is 0. The third-order valence-corrected chi connectivity index (χ3v) is 0. The molecule has 0 heterocycles. The Kier molecular flexibility index (Phi) is 13.8. The molecule has 0 atom stereocenters. The van der Waals surface area contributed by atoms with Crippen LogP contribution >= 0.6 is 0 Å². The van der Waals surface area contributed by atoms with Gasteiger partial charge in [0.1, 0.15) is 0 Å². The van der Waals surface area contributed by atoms with Crippen molar-refractivity contribution in [3.63, 3.8) is 0 Å². The fourth-order valence-corrected chi connectivity index (χ4v) is 0. The van der Waals surface area contributed by atoms with Crippen LogP contribution in [0, 0.1) is 0 Å². The van der Waals surface area contributed by atoms with E-state index in [1.807, 2.05) is 0 Å². The van der Waals surface area contributed by atoms with Gasteiger partial charge in [-0.3, -0.25) is 9.11 Å². The van der Waals surface area contributed by atoms with Gasteiger partial charge in [0.05, 0.1) is 0 Å². The quantitative estimate of drug-likeness (QED) is 0.311. The van der Waals surface area contributed by atoms with Gasteiger partial charge in [0.25, 0.3) is 11.4 Å². The first kappa shape index (κ1) is 17.2. The minimum absolute atomic E-state index is 0. The van der Waals surface area contributed by atoms with Crippen molar-refractivity contribution in [1.29, 1.82) is 0 Å². The molecule has 58 valence electrons. The van der Waals surface area contributed by atoms with Crippen LogP contribution in [0.25, 0.3) is 0 Å². The summed E-state index contributed by atoms with van der Waals surface area (Å²) in [5.74, 6) is 0. The Hall–Kier alpha value is 0.949. The van der Waals surface area contributed by atoms with Gasteiger partial charge in [0.2, 0.25) is 0 Å². The van der Waals surface area contributed by atoms with Crippen LogP contribution in [0.4, 0.5) is 0 Å². The molecule has 0 fully saturated rings. The topological polar surface area (TPSA) is 132 Å². The van der Waals surface area contributed by atoms with E-state index in [0.29, 0.717) is 0 Å². The predicted octanol–water partition coefficient (Wildman–Crippen LogP) is -4.86. The molecule has 0 bridgehead atoms. The molecule has 0 aliphatic carbocycles. The molecule has 0 aliphatic rings. The second-order valence-corrected chi connectivity index (χ2v) is 2.25. The van der Waals surface area contributed by atoms with E-state index in [0.717, 1.165) is 0 Å². The second kappa shape index (κ2) is 8.05. The first-order valence-corrected chi connectivity index (χ1v) is 4.14. The summed E-state index contributed by atoms with van der Waals surface area (Å²) in [5.41, 5.74) is 0. The van der Waals surface area contributed by atoms with Gasteiger partial charge >= 0.3 is 58.2 Å². The molecule has 0 rings (SSSR count). The van der Waals surface area contributed by atoms with Crippen LogP contribution in [0.3, 0.4) is 0 Å². The van der Waals surface area contributed by atoms with Gasteiger partial charge in [0.15, 0.2) is 0 Å². The third kappa shape index (κ3) is 627. The third-order valence-electron chi connectivity index (χ3n) is 0. The second-order valence-electron chi connectivity index (χ2n) is 0.609. The van der Waals surface area contributed by atoms with Crippen LogP contribution in [0.1, 0.15) is 0 Å². The molecule has 10 heavy (non-hydrogen) atoms. The Labute approximate surface area is 82.4 Å². The average molecular weight is 224 g/mol. The van der Waals surface area contributed by atoms with Crippen molar-refractivity contribution in [3.8, 4) is 0 Å². The van der Waals surface area contributed by atoms with Crippen molar-refractivity contribution >= 4 is 11.4 Å². The molecule has 10 heteroatoms. The van der Waals surface area contributed by atoms with Crippen molar-refractivity contribution in [2.24, 2.45) is 0 Å². The molecule has 0 unspecified atom stereocenters. The Morgan fingerprint density at radius 3 is 1.20 bits per heavy atom. The summed E-state index contributed by atoms with van der Waals surface area (Å²) in [7, 11) is 0. The van der Waals surface area contributed by atoms with E-state index in [4.69, 9.17) is 29.0 Å². The number of hydrogen-bond acceptors (Lipinski definition) is 5. The van der Waals surface area contributed by atoms with E-state index in [9.17, 15) is 0 Å². The van der Waals surface area contributed by atoms with Gasteiger partial charge in [-0.05, 0) is 0 Å². The average Bonchev–Trinajstić information content (AvgIpc) is 1.19. The summed E-state index contributed by atoms with van der Waals surface area (Å²) in [5, 5.41) is 0. The van der Waals surface area contributed by atoms with Crippen LogP contribution in [-0.4, -0.2) is 13.3 Å². The van der Waals surface area contributed by atoms with Crippen LogP contribution in [0.2, 0.25) is 0 Å². The Bertz CT molecular complexity index is 199. The summed E-state index contributed by atoms with van der Waals surface area (Å²) in [6, 6.07) is 0. The molecule has 0 radical (unpaired) electrons. The molecular formula is H2MnNaO7S. The minimum atomic E-state index is -5.62. The van der Waals surface area contributed by atoms with Crippen LogP contribution in [0.5, 0.6) is 0 Å². The van der Waals surface area contributed by atoms with Crippen LogP contribution < -0.4 is 33.7 Å². The molecule has 0 aliphatic heterocycles. The van der Waals surface area contributed by atoms with Gasteiger partial charge < -0.3 is 0 Å². The van der Waals surface area contributed by atoms with E-state index >= 15 is 0 Å². The molecule has 0 aromatic carbocycles. The van der Waals surface area contributed by atoms with Crippen molar-refractivity contribution in [3.05, 3.63) is 0 Å². The Morgan fingerprint density at radius 2 is 1.20 bits per heavy atom.